The lowest BCUT2D eigenvalue weighted by Crippen LogP contribution is -2.47. The molecule has 1 unspecified atom stereocenters. The van der Waals surface area contributed by atoms with Gasteiger partial charge in [-0.25, -0.2) is 4.79 Å². The third-order valence-corrected chi connectivity index (χ3v) is 3.96. The summed E-state index contributed by atoms with van der Waals surface area (Å²) in [6.07, 6.45) is 0.644. The number of carbonyl (C=O) groups excluding carboxylic acids is 1. The van der Waals surface area contributed by atoms with Crippen molar-refractivity contribution in [3.8, 4) is 11.4 Å². The standard InChI is InChI=1S/C16H21N5O3/c1-4-10(2)13(16(23)24)17-15(22)11(3)21-19-14(18-20-21)12-8-6-5-7-9-12/h5-11,13H,4H2,1-3H3,(H,17,22)(H,23,24)/t10-,11?,13-/m0/s1. The second-order valence-electron chi connectivity index (χ2n) is 5.69. The molecule has 24 heavy (non-hydrogen) atoms. The second-order valence-corrected chi connectivity index (χ2v) is 5.69. The number of carboxylic acids is 1. The summed E-state index contributed by atoms with van der Waals surface area (Å²) < 4.78 is 0. The van der Waals surface area contributed by atoms with Crippen molar-refractivity contribution in [2.45, 2.75) is 39.3 Å². The highest BCUT2D eigenvalue weighted by Crippen LogP contribution is 2.14. The number of nitrogens with zero attached hydrogens (tertiary/aromatic N) is 4. The molecule has 0 radical (unpaired) electrons. The number of aromatic nitrogens is 4. The van der Waals surface area contributed by atoms with Gasteiger partial charge in [0, 0.05) is 5.56 Å². The number of benzene rings is 1. The van der Waals surface area contributed by atoms with E-state index in [9.17, 15) is 14.7 Å². The largest absolute Gasteiger partial charge is 0.480 e. The first-order chi connectivity index (χ1) is 11.4. The second kappa shape index (κ2) is 7.67. The van der Waals surface area contributed by atoms with Crippen LogP contribution < -0.4 is 5.32 Å². The number of aliphatic carboxylic acids is 1. The minimum atomic E-state index is -1.05. The molecule has 1 heterocycles. The Kier molecular flexibility index (Phi) is 5.62. The van der Waals surface area contributed by atoms with Crippen molar-refractivity contribution in [2.24, 2.45) is 5.92 Å². The van der Waals surface area contributed by atoms with Crippen LogP contribution in [-0.4, -0.2) is 43.2 Å². The van der Waals surface area contributed by atoms with Gasteiger partial charge in [-0.1, -0.05) is 50.6 Å². The number of amides is 1. The van der Waals surface area contributed by atoms with Crippen molar-refractivity contribution >= 4 is 11.9 Å². The Morgan fingerprint density at radius 3 is 2.50 bits per heavy atom. The normalized spacial score (nSPS) is 14.6. The first-order valence-electron chi connectivity index (χ1n) is 7.82. The van der Waals surface area contributed by atoms with Crippen LogP contribution in [0, 0.1) is 5.92 Å². The minimum absolute atomic E-state index is 0.178. The van der Waals surface area contributed by atoms with Gasteiger partial charge in [-0.3, -0.25) is 4.79 Å². The lowest BCUT2D eigenvalue weighted by atomic mass is 9.99. The molecule has 0 saturated heterocycles. The summed E-state index contributed by atoms with van der Waals surface area (Å²) in [7, 11) is 0. The highest BCUT2D eigenvalue weighted by atomic mass is 16.4. The van der Waals surface area contributed by atoms with Gasteiger partial charge in [0.2, 0.25) is 11.7 Å². The van der Waals surface area contributed by atoms with E-state index in [2.05, 4.69) is 20.7 Å². The smallest absolute Gasteiger partial charge is 0.326 e. The average Bonchev–Trinajstić information content (AvgIpc) is 3.08. The Balaban J connectivity index is 2.11. The van der Waals surface area contributed by atoms with Gasteiger partial charge in [0.1, 0.15) is 12.1 Å². The maximum atomic E-state index is 12.3. The molecule has 128 valence electrons. The summed E-state index contributed by atoms with van der Waals surface area (Å²) in [6.45, 7) is 5.26. The van der Waals surface area contributed by atoms with E-state index in [4.69, 9.17) is 0 Å². The molecule has 1 aromatic carbocycles. The Morgan fingerprint density at radius 1 is 1.25 bits per heavy atom. The third-order valence-electron chi connectivity index (χ3n) is 3.96. The maximum Gasteiger partial charge on any atom is 0.326 e. The first-order valence-corrected chi connectivity index (χ1v) is 7.82. The number of rotatable bonds is 7. The molecule has 3 atom stereocenters. The zero-order valence-corrected chi connectivity index (χ0v) is 13.9. The fraction of sp³-hybridized carbons (Fsp3) is 0.438. The SMILES string of the molecule is CC[C@H](C)[C@H](NC(=O)C(C)n1nnc(-c2ccccc2)n1)C(=O)O. The Hall–Kier alpha value is -2.77. The molecule has 2 N–H and O–H groups in total. The maximum absolute atomic E-state index is 12.3. The first kappa shape index (κ1) is 17.6. The van der Waals surface area contributed by atoms with Crippen molar-refractivity contribution in [2.75, 3.05) is 0 Å². The van der Waals surface area contributed by atoms with Crippen LogP contribution in [0.3, 0.4) is 0 Å². The van der Waals surface area contributed by atoms with E-state index in [1.807, 2.05) is 37.3 Å². The zero-order chi connectivity index (χ0) is 17.7. The van der Waals surface area contributed by atoms with Gasteiger partial charge >= 0.3 is 5.97 Å². The lowest BCUT2D eigenvalue weighted by Gasteiger charge is -2.21. The van der Waals surface area contributed by atoms with Gasteiger partial charge in [-0.2, -0.15) is 4.80 Å². The van der Waals surface area contributed by atoms with E-state index >= 15 is 0 Å². The highest BCUT2D eigenvalue weighted by molar-refractivity contribution is 5.85. The van der Waals surface area contributed by atoms with E-state index in [1.54, 1.807) is 13.8 Å². The number of tetrazole rings is 1. The van der Waals surface area contributed by atoms with Gasteiger partial charge in [0.15, 0.2) is 0 Å². The summed E-state index contributed by atoms with van der Waals surface area (Å²) in [6, 6.07) is 7.57. The topological polar surface area (TPSA) is 110 Å². The molecule has 1 amide bonds. The quantitative estimate of drug-likeness (QED) is 0.796. The van der Waals surface area contributed by atoms with Gasteiger partial charge in [-0.15, -0.1) is 10.2 Å². The Bertz CT molecular complexity index is 701. The molecule has 8 heteroatoms. The summed E-state index contributed by atoms with van der Waals surface area (Å²) in [5.74, 6) is -1.28. The van der Waals surface area contributed by atoms with Gasteiger partial charge in [0.25, 0.3) is 0 Å². The van der Waals surface area contributed by atoms with Crippen LogP contribution >= 0.6 is 0 Å². The Morgan fingerprint density at radius 2 is 1.92 bits per heavy atom. The molecule has 1 aromatic heterocycles. The molecule has 0 fully saturated rings. The van der Waals surface area contributed by atoms with Gasteiger partial charge in [0.05, 0.1) is 0 Å². The number of nitrogens with one attached hydrogen (secondary N) is 1. The molecular weight excluding hydrogens is 310 g/mol. The molecule has 0 aliphatic carbocycles. The van der Waals surface area contributed by atoms with Crippen LogP contribution in [0.4, 0.5) is 0 Å². The van der Waals surface area contributed by atoms with E-state index < -0.39 is 24.0 Å². The van der Waals surface area contributed by atoms with Gasteiger partial charge in [-0.05, 0) is 18.1 Å². The molecular formula is C16H21N5O3. The molecule has 0 aliphatic rings. The monoisotopic (exact) mass is 331 g/mol. The molecule has 0 spiro atoms. The van der Waals surface area contributed by atoms with E-state index in [1.165, 1.54) is 4.80 Å². The van der Waals surface area contributed by atoms with Crippen LogP contribution in [0.15, 0.2) is 30.3 Å². The van der Waals surface area contributed by atoms with Gasteiger partial charge < -0.3 is 10.4 Å². The van der Waals surface area contributed by atoms with Crippen molar-refractivity contribution in [3.63, 3.8) is 0 Å². The van der Waals surface area contributed by atoms with Crippen LogP contribution in [0.25, 0.3) is 11.4 Å². The highest BCUT2D eigenvalue weighted by Gasteiger charge is 2.28. The summed E-state index contributed by atoms with van der Waals surface area (Å²) in [5, 5.41) is 23.9. The van der Waals surface area contributed by atoms with E-state index in [-0.39, 0.29) is 5.92 Å². The molecule has 2 aromatic rings. The summed E-state index contributed by atoms with van der Waals surface area (Å²) >= 11 is 0. The number of carboxylic acid groups (broad SMARTS) is 1. The van der Waals surface area contributed by atoms with Crippen molar-refractivity contribution in [1.82, 2.24) is 25.5 Å². The van der Waals surface area contributed by atoms with Crippen LogP contribution in [-0.2, 0) is 9.59 Å². The molecule has 0 saturated carbocycles. The third kappa shape index (κ3) is 3.95. The number of hydrogen-bond donors (Lipinski definition) is 2. The summed E-state index contributed by atoms with van der Waals surface area (Å²) in [5.41, 5.74) is 0.791. The predicted molar refractivity (Wildman–Crippen MR) is 87.0 cm³/mol. The molecule has 8 nitrogen and oxygen atoms in total. The molecule has 2 rings (SSSR count). The zero-order valence-electron chi connectivity index (χ0n) is 13.9. The van der Waals surface area contributed by atoms with E-state index in [0.717, 1.165) is 5.56 Å². The fourth-order valence-electron chi connectivity index (χ4n) is 2.15. The minimum Gasteiger partial charge on any atom is -0.480 e. The number of hydrogen-bond acceptors (Lipinski definition) is 5. The fourth-order valence-corrected chi connectivity index (χ4v) is 2.15. The van der Waals surface area contributed by atoms with E-state index in [0.29, 0.717) is 12.2 Å². The lowest BCUT2D eigenvalue weighted by molar-refractivity contribution is -0.143. The van der Waals surface area contributed by atoms with Crippen molar-refractivity contribution in [3.05, 3.63) is 30.3 Å². The average molecular weight is 331 g/mol. The van der Waals surface area contributed by atoms with Crippen molar-refractivity contribution < 1.29 is 14.7 Å². The van der Waals surface area contributed by atoms with Crippen LogP contribution in [0.2, 0.25) is 0 Å². The predicted octanol–water partition coefficient (Wildman–Crippen LogP) is 1.52. The van der Waals surface area contributed by atoms with Crippen LogP contribution in [0.5, 0.6) is 0 Å². The Labute approximate surface area is 139 Å². The molecule has 0 bridgehead atoms. The summed E-state index contributed by atoms with van der Waals surface area (Å²) in [4.78, 5) is 24.8. The number of carbonyl (C=O) groups is 2. The van der Waals surface area contributed by atoms with Crippen molar-refractivity contribution in [1.29, 1.82) is 0 Å². The van der Waals surface area contributed by atoms with Crippen LogP contribution in [0.1, 0.15) is 33.2 Å². The molecule has 0 aliphatic heterocycles.